The van der Waals surface area contributed by atoms with Gasteiger partial charge in [0.1, 0.15) is 16.3 Å². The van der Waals surface area contributed by atoms with Crippen LogP contribution in [0.1, 0.15) is 10.4 Å². The van der Waals surface area contributed by atoms with Crippen LogP contribution in [0.4, 0.5) is 13.2 Å². The van der Waals surface area contributed by atoms with E-state index in [1.54, 1.807) is 0 Å². The fourth-order valence-electron chi connectivity index (χ4n) is 1.29. The second-order valence-electron chi connectivity index (χ2n) is 3.34. The van der Waals surface area contributed by atoms with Gasteiger partial charge in [0.15, 0.2) is 0 Å². The number of ether oxygens (including phenoxy) is 3. The smallest absolute Gasteiger partial charge is 0.497 e. The zero-order valence-electron chi connectivity index (χ0n) is 9.95. The van der Waals surface area contributed by atoms with Gasteiger partial charge in [-0.25, -0.2) is 0 Å². The second-order valence-corrected chi connectivity index (χ2v) is 4.25. The summed E-state index contributed by atoms with van der Waals surface area (Å²) >= 11 is 2.95. The molecule has 0 aliphatic heterocycles. The van der Waals surface area contributed by atoms with Gasteiger partial charge in [-0.2, -0.15) is 0 Å². The van der Waals surface area contributed by atoms with E-state index in [4.69, 9.17) is 4.74 Å². The SMILES string of the molecule is COC(=O)C(Br)c1ccc(OC)cc1OC(F)(F)F. The van der Waals surface area contributed by atoms with Crippen LogP contribution in [0.15, 0.2) is 18.2 Å². The van der Waals surface area contributed by atoms with Gasteiger partial charge in [0.25, 0.3) is 0 Å². The first-order valence-corrected chi connectivity index (χ1v) is 5.85. The second kappa shape index (κ2) is 6.14. The van der Waals surface area contributed by atoms with Gasteiger partial charge in [0.2, 0.25) is 0 Å². The first-order chi connectivity index (χ1) is 8.78. The largest absolute Gasteiger partial charge is 0.573 e. The van der Waals surface area contributed by atoms with E-state index in [2.05, 4.69) is 25.4 Å². The average Bonchev–Trinajstić information content (AvgIpc) is 2.35. The van der Waals surface area contributed by atoms with Crippen molar-refractivity contribution in [1.82, 2.24) is 0 Å². The molecule has 8 heteroatoms. The van der Waals surface area contributed by atoms with E-state index in [9.17, 15) is 18.0 Å². The highest BCUT2D eigenvalue weighted by atomic mass is 79.9. The van der Waals surface area contributed by atoms with Crippen LogP contribution >= 0.6 is 15.9 Å². The minimum Gasteiger partial charge on any atom is -0.497 e. The Morgan fingerprint density at radius 1 is 1.32 bits per heavy atom. The molecule has 1 rings (SSSR count). The Hall–Kier alpha value is -1.44. The molecular formula is C11H10BrF3O4. The van der Waals surface area contributed by atoms with Crippen molar-refractivity contribution in [3.8, 4) is 11.5 Å². The summed E-state index contributed by atoms with van der Waals surface area (Å²) in [7, 11) is 2.43. The maximum absolute atomic E-state index is 12.3. The number of hydrogen-bond acceptors (Lipinski definition) is 4. The quantitative estimate of drug-likeness (QED) is 0.622. The van der Waals surface area contributed by atoms with Crippen LogP contribution in [0, 0.1) is 0 Å². The summed E-state index contributed by atoms with van der Waals surface area (Å²) in [5.74, 6) is -1.09. The molecule has 1 aromatic carbocycles. The number of carbonyl (C=O) groups excluding carboxylic acids is 1. The van der Waals surface area contributed by atoms with Crippen molar-refractivity contribution in [3.63, 3.8) is 0 Å². The molecule has 0 aliphatic carbocycles. The predicted molar refractivity (Wildman–Crippen MR) is 63.4 cm³/mol. The van der Waals surface area contributed by atoms with Gasteiger partial charge in [-0.3, -0.25) is 4.79 Å². The topological polar surface area (TPSA) is 44.8 Å². The minimum atomic E-state index is -4.87. The number of carbonyl (C=O) groups is 1. The zero-order valence-corrected chi connectivity index (χ0v) is 11.5. The molecule has 0 fully saturated rings. The molecule has 0 spiro atoms. The molecule has 1 atom stereocenters. The zero-order chi connectivity index (χ0) is 14.6. The number of halogens is 4. The lowest BCUT2D eigenvalue weighted by Crippen LogP contribution is -2.19. The lowest BCUT2D eigenvalue weighted by Gasteiger charge is -2.16. The van der Waals surface area contributed by atoms with Gasteiger partial charge < -0.3 is 14.2 Å². The lowest BCUT2D eigenvalue weighted by molar-refractivity contribution is -0.275. The van der Waals surface area contributed by atoms with Crippen LogP contribution in [0.25, 0.3) is 0 Å². The number of rotatable bonds is 4. The Labute approximate surface area is 115 Å². The monoisotopic (exact) mass is 342 g/mol. The average molecular weight is 343 g/mol. The van der Waals surface area contributed by atoms with Gasteiger partial charge in [-0.1, -0.05) is 15.9 Å². The normalized spacial score (nSPS) is 12.7. The Balaban J connectivity index is 3.19. The number of alkyl halides is 4. The Morgan fingerprint density at radius 3 is 2.42 bits per heavy atom. The third kappa shape index (κ3) is 4.30. The molecule has 19 heavy (non-hydrogen) atoms. The van der Waals surface area contributed by atoms with Gasteiger partial charge in [-0.15, -0.1) is 13.2 Å². The third-order valence-corrected chi connectivity index (χ3v) is 2.99. The number of hydrogen-bond donors (Lipinski definition) is 0. The van der Waals surface area contributed by atoms with Gasteiger partial charge >= 0.3 is 12.3 Å². The molecule has 0 radical (unpaired) electrons. The summed E-state index contributed by atoms with van der Waals surface area (Å²) in [6, 6.07) is 3.74. The highest BCUT2D eigenvalue weighted by Crippen LogP contribution is 2.37. The van der Waals surface area contributed by atoms with E-state index in [1.165, 1.54) is 19.2 Å². The summed E-state index contributed by atoms with van der Waals surface area (Å²) in [6.07, 6.45) is -4.87. The molecule has 0 bridgehead atoms. The molecule has 106 valence electrons. The molecule has 0 saturated carbocycles. The molecule has 1 aromatic rings. The van der Waals surface area contributed by atoms with E-state index in [1.807, 2.05) is 0 Å². The first-order valence-electron chi connectivity index (χ1n) is 4.94. The number of esters is 1. The summed E-state index contributed by atoms with van der Waals surface area (Å²) in [5, 5.41) is 0. The molecular weight excluding hydrogens is 333 g/mol. The van der Waals surface area contributed by atoms with Crippen LogP contribution in [0.3, 0.4) is 0 Å². The van der Waals surface area contributed by atoms with Crippen LogP contribution in [-0.4, -0.2) is 26.6 Å². The molecule has 4 nitrogen and oxygen atoms in total. The standard InChI is InChI=1S/C11H10BrF3O4/c1-17-6-3-4-7(9(12)10(16)18-2)8(5-6)19-11(13,14)15/h3-5,9H,1-2H3. The fraction of sp³-hybridized carbons (Fsp3) is 0.364. The Morgan fingerprint density at radius 2 is 1.95 bits per heavy atom. The first kappa shape index (κ1) is 15.6. The van der Waals surface area contributed by atoms with Crippen molar-refractivity contribution in [2.24, 2.45) is 0 Å². The van der Waals surface area contributed by atoms with Gasteiger partial charge in [-0.05, 0) is 12.1 Å². The molecule has 0 amide bonds. The van der Waals surface area contributed by atoms with Crippen molar-refractivity contribution >= 4 is 21.9 Å². The maximum Gasteiger partial charge on any atom is 0.573 e. The van der Waals surface area contributed by atoms with Crippen molar-refractivity contribution in [2.45, 2.75) is 11.2 Å². The summed E-state index contributed by atoms with van der Waals surface area (Å²) in [5.41, 5.74) is -0.00928. The van der Waals surface area contributed by atoms with Crippen molar-refractivity contribution in [2.75, 3.05) is 14.2 Å². The highest BCUT2D eigenvalue weighted by molar-refractivity contribution is 9.09. The predicted octanol–water partition coefficient (Wildman–Crippen LogP) is 3.20. The van der Waals surface area contributed by atoms with Crippen LogP contribution in [0.2, 0.25) is 0 Å². The number of benzene rings is 1. The minimum absolute atomic E-state index is 0.00928. The molecule has 0 N–H and O–H groups in total. The molecule has 0 heterocycles. The molecule has 0 saturated heterocycles. The Bertz CT molecular complexity index is 462. The van der Waals surface area contributed by atoms with Crippen molar-refractivity contribution in [3.05, 3.63) is 23.8 Å². The summed E-state index contributed by atoms with van der Waals surface area (Å²) < 4.78 is 50.1. The number of methoxy groups -OCH3 is 2. The van der Waals surface area contributed by atoms with Crippen LogP contribution in [0.5, 0.6) is 11.5 Å². The van der Waals surface area contributed by atoms with E-state index >= 15 is 0 Å². The molecule has 0 aliphatic rings. The lowest BCUT2D eigenvalue weighted by atomic mass is 10.1. The van der Waals surface area contributed by atoms with Crippen LogP contribution < -0.4 is 9.47 Å². The van der Waals surface area contributed by atoms with E-state index < -0.39 is 22.9 Å². The summed E-state index contributed by atoms with van der Waals surface area (Å²) in [6.45, 7) is 0. The van der Waals surface area contributed by atoms with E-state index in [-0.39, 0.29) is 11.3 Å². The Kier molecular flexibility index (Phi) is 5.04. The van der Waals surface area contributed by atoms with Gasteiger partial charge in [0.05, 0.1) is 14.2 Å². The molecule has 1 unspecified atom stereocenters. The highest BCUT2D eigenvalue weighted by Gasteiger charge is 2.34. The molecule has 0 aromatic heterocycles. The van der Waals surface area contributed by atoms with Crippen molar-refractivity contribution in [1.29, 1.82) is 0 Å². The fourth-order valence-corrected chi connectivity index (χ4v) is 1.86. The third-order valence-electron chi connectivity index (χ3n) is 2.13. The van der Waals surface area contributed by atoms with Crippen molar-refractivity contribution < 1.29 is 32.2 Å². The maximum atomic E-state index is 12.3. The summed E-state index contributed by atoms with van der Waals surface area (Å²) in [4.78, 5) is 10.3. The van der Waals surface area contributed by atoms with E-state index in [0.717, 1.165) is 13.2 Å². The van der Waals surface area contributed by atoms with E-state index in [0.29, 0.717) is 0 Å². The van der Waals surface area contributed by atoms with Gasteiger partial charge in [0, 0.05) is 11.6 Å². The van der Waals surface area contributed by atoms with Crippen LogP contribution in [-0.2, 0) is 9.53 Å².